The maximum Gasteiger partial charge on any atom is 0.182 e. The molecule has 0 bridgehead atoms. The van der Waals surface area contributed by atoms with Crippen LogP contribution in [0.25, 0.3) is 0 Å². The Kier molecular flexibility index (Phi) is 8.03. The Morgan fingerprint density at radius 1 is 1.16 bits per heavy atom. The summed E-state index contributed by atoms with van der Waals surface area (Å²) in [5.41, 5.74) is 0.730. The predicted molar refractivity (Wildman–Crippen MR) is 82.5 cm³/mol. The molecule has 0 spiro atoms. The third kappa shape index (κ3) is 5.47. The van der Waals surface area contributed by atoms with Crippen LogP contribution in [-0.4, -0.2) is 15.6 Å². The molecule has 0 radical (unpaired) electrons. The van der Waals surface area contributed by atoms with Gasteiger partial charge < -0.3 is 0 Å². The van der Waals surface area contributed by atoms with E-state index in [1.807, 2.05) is 6.92 Å². The van der Waals surface area contributed by atoms with E-state index in [2.05, 4.69) is 28.0 Å². The Bertz CT molecular complexity index is 387. The molecule has 0 unspecified atom stereocenters. The number of halogens is 1. The molecule has 0 aliphatic rings. The third-order valence-corrected chi connectivity index (χ3v) is 3.95. The lowest BCUT2D eigenvalue weighted by Gasteiger charge is -2.05. The van der Waals surface area contributed by atoms with Crippen molar-refractivity contribution in [1.29, 1.82) is 0 Å². The summed E-state index contributed by atoms with van der Waals surface area (Å²) in [6.45, 7) is 4.97. The van der Waals surface area contributed by atoms with Crippen molar-refractivity contribution < 1.29 is 4.79 Å². The number of rotatable bonds is 10. The smallest absolute Gasteiger partial charge is 0.182 e. The molecule has 1 aromatic heterocycles. The van der Waals surface area contributed by atoms with Gasteiger partial charge in [0.25, 0.3) is 0 Å². The van der Waals surface area contributed by atoms with Crippen LogP contribution in [0.2, 0.25) is 0 Å². The van der Waals surface area contributed by atoms with Crippen molar-refractivity contribution in [1.82, 2.24) is 9.78 Å². The van der Waals surface area contributed by atoms with E-state index < -0.39 is 0 Å². The van der Waals surface area contributed by atoms with Gasteiger partial charge in [0, 0.05) is 13.0 Å². The van der Waals surface area contributed by atoms with Crippen molar-refractivity contribution in [2.45, 2.75) is 71.8 Å². The number of nitrogens with zero attached hydrogens (tertiary/aromatic N) is 2. The molecule has 1 heterocycles. The van der Waals surface area contributed by atoms with Gasteiger partial charge in [0.2, 0.25) is 0 Å². The number of aromatic nitrogens is 2. The van der Waals surface area contributed by atoms with Crippen LogP contribution in [-0.2, 0) is 6.54 Å². The molecule has 0 aliphatic heterocycles. The second kappa shape index (κ2) is 9.29. The molecule has 0 atom stereocenters. The summed E-state index contributed by atoms with van der Waals surface area (Å²) in [4.78, 5) is 12.2. The number of carbonyl (C=O) groups is 1. The minimum Gasteiger partial charge on any atom is -0.292 e. The minimum absolute atomic E-state index is 0.208. The number of hydrogen-bond acceptors (Lipinski definition) is 2. The third-order valence-electron chi connectivity index (χ3n) is 3.37. The van der Waals surface area contributed by atoms with E-state index in [9.17, 15) is 4.79 Å². The lowest BCUT2D eigenvalue weighted by Crippen LogP contribution is -2.10. The van der Waals surface area contributed by atoms with Crippen LogP contribution in [0.3, 0.4) is 0 Å². The van der Waals surface area contributed by atoms with Gasteiger partial charge in [-0.1, -0.05) is 45.4 Å². The van der Waals surface area contributed by atoms with Crippen molar-refractivity contribution in [3.63, 3.8) is 0 Å². The lowest BCUT2D eigenvalue weighted by molar-refractivity contribution is 0.0968. The summed E-state index contributed by atoms with van der Waals surface area (Å²) in [6.07, 6.45) is 11.0. The molecule has 3 nitrogen and oxygen atoms in total. The molecule has 19 heavy (non-hydrogen) atoms. The largest absolute Gasteiger partial charge is 0.292 e. The van der Waals surface area contributed by atoms with Gasteiger partial charge in [-0.05, 0) is 29.3 Å². The highest BCUT2D eigenvalue weighted by Crippen LogP contribution is 2.19. The first-order chi connectivity index (χ1) is 9.20. The van der Waals surface area contributed by atoms with Gasteiger partial charge in [-0.15, -0.1) is 0 Å². The molecule has 0 aromatic carbocycles. The van der Waals surface area contributed by atoms with E-state index in [0.717, 1.165) is 29.6 Å². The van der Waals surface area contributed by atoms with Gasteiger partial charge in [-0.2, -0.15) is 5.10 Å². The molecule has 0 amide bonds. The topological polar surface area (TPSA) is 34.9 Å². The molecule has 108 valence electrons. The Balaban J connectivity index is 2.26. The highest BCUT2D eigenvalue weighted by atomic mass is 79.9. The molecule has 1 rings (SSSR count). The molecular formula is C15H25BrN2O. The van der Waals surface area contributed by atoms with E-state index in [0.29, 0.717) is 6.42 Å². The Hall–Kier alpha value is -0.640. The summed E-state index contributed by atoms with van der Waals surface area (Å²) in [6, 6.07) is 0. The fraction of sp³-hybridized carbons (Fsp3) is 0.733. The van der Waals surface area contributed by atoms with Gasteiger partial charge in [0.1, 0.15) is 5.69 Å². The molecule has 4 heteroatoms. The average molecular weight is 329 g/mol. The van der Waals surface area contributed by atoms with E-state index >= 15 is 0 Å². The first kappa shape index (κ1) is 16.4. The first-order valence-electron chi connectivity index (χ1n) is 7.45. The molecule has 1 aromatic rings. The Morgan fingerprint density at radius 3 is 2.42 bits per heavy atom. The van der Waals surface area contributed by atoms with Crippen molar-refractivity contribution >= 4 is 21.7 Å². The van der Waals surface area contributed by atoms with Crippen LogP contribution in [0.15, 0.2) is 10.7 Å². The molecular weight excluding hydrogens is 304 g/mol. The summed E-state index contributed by atoms with van der Waals surface area (Å²) in [7, 11) is 0. The standard InChI is InChI=1S/C15H25BrN2O/c1-3-5-6-7-8-9-10-11-14(19)15-13(16)12-17-18(15)4-2/h12H,3-11H2,1-2H3. The summed E-state index contributed by atoms with van der Waals surface area (Å²) in [5, 5.41) is 4.18. The lowest BCUT2D eigenvalue weighted by atomic mass is 10.1. The first-order valence-corrected chi connectivity index (χ1v) is 8.24. The molecule has 0 fully saturated rings. The fourth-order valence-electron chi connectivity index (χ4n) is 2.24. The molecule has 0 saturated carbocycles. The van der Waals surface area contributed by atoms with Crippen molar-refractivity contribution in [2.24, 2.45) is 0 Å². The number of aryl methyl sites for hydroxylation is 1. The summed E-state index contributed by atoms with van der Waals surface area (Å²) < 4.78 is 2.59. The fourth-order valence-corrected chi connectivity index (χ4v) is 2.76. The zero-order valence-electron chi connectivity index (χ0n) is 12.1. The second-order valence-corrected chi connectivity index (χ2v) is 5.81. The number of Topliss-reactive ketones (excluding diaryl/α,β-unsaturated/α-hetero) is 1. The van der Waals surface area contributed by atoms with Crippen LogP contribution in [0.4, 0.5) is 0 Å². The van der Waals surface area contributed by atoms with Crippen molar-refractivity contribution in [2.75, 3.05) is 0 Å². The van der Waals surface area contributed by atoms with Crippen LogP contribution in [0.1, 0.15) is 75.7 Å². The Morgan fingerprint density at radius 2 is 1.79 bits per heavy atom. The molecule has 0 N–H and O–H groups in total. The van der Waals surface area contributed by atoms with E-state index in [1.165, 1.54) is 32.1 Å². The number of ketones is 1. The highest BCUT2D eigenvalue weighted by molar-refractivity contribution is 9.10. The van der Waals surface area contributed by atoms with Crippen molar-refractivity contribution in [3.05, 3.63) is 16.4 Å². The summed E-state index contributed by atoms with van der Waals surface area (Å²) >= 11 is 3.41. The van der Waals surface area contributed by atoms with Gasteiger partial charge in [-0.25, -0.2) is 0 Å². The maximum absolute atomic E-state index is 12.2. The minimum atomic E-state index is 0.208. The van der Waals surface area contributed by atoms with Crippen molar-refractivity contribution in [3.8, 4) is 0 Å². The monoisotopic (exact) mass is 328 g/mol. The SMILES string of the molecule is CCCCCCCCCC(=O)c1c(Br)cnn1CC. The number of hydrogen-bond donors (Lipinski definition) is 0. The predicted octanol–water partition coefficient (Wildman–Crippen LogP) is 4.99. The molecule has 0 saturated heterocycles. The van der Waals surface area contributed by atoms with Gasteiger partial charge >= 0.3 is 0 Å². The zero-order chi connectivity index (χ0) is 14.1. The van der Waals surface area contributed by atoms with Gasteiger partial charge in [0.15, 0.2) is 5.78 Å². The Labute approximate surface area is 124 Å². The van der Waals surface area contributed by atoms with Crippen LogP contribution in [0.5, 0.6) is 0 Å². The number of unbranched alkanes of at least 4 members (excludes halogenated alkanes) is 6. The van der Waals surface area contributed by atoms with Crippen LogP contribution >= 0.6 is 15.9 Å². The second-order valence-electron chi connectivity index (χ2n) is 4.95. The zero-order valence-corrected chi connectivity index (χ0v) is 13.7. The number of carbonyl (C=O) groups excluding carboxylic acids is 1. The normalized spacial score (nSPS) is 10.9. The quantitative estimate of drug-likeness (QED) is 0.448. The van der Waals surface area contributed by atoms with E-state index in [1.54, 1.807) is 10.9 Å². The summed E-state index contributed by atoms with van der Waals surface area (Å²) in [5.74, 6) is 0.208. The van der Waals surface area contributed by atoms with Gasteiger partial charge in [0.05, 0.1) is 10.7 Å². The van der Waals surface area contributed by atoms with Crippen LogP contribution < -0.4 is 0 Å². The van der Waals surface area contributed by atoms with Crippen LogP contribution in [0, 0.1) is 0 Å². The van der Waals surface area contributed by atoms with E-state index in [-0.39, 0.29) is 5.78 Å². The molecule has 0 aliphatic carbocycles. The highest BCUT2D eigenvalue weighted by Gasteiger charge is 2.15. The maximum atomic E-state index is 12.2. The van der Waals surface area contributed by atoms with E-state index in [4.69, 9.17) is 0 Å². The average Bonchev–Trinajstić information content (AvgIpc) is 2.78. The van der Waals surface area contributed by atoms with Gasteiger partial charge in [-0.3, -0.25) is 9.48 Å².